The smallest absolute Gasteiger partial charge is 0.356 e. The molecule has 0 aliphatic rings. The molecule has 2 rings (SSSR count). The number of nitrogen functional groups attached to an aromatic ring is 4. The van der Waals surface area contributed by atoms with Crippen LogP contribution in [-0.2, 0) is 0 Å². The number of anilines is 2. The molecule has 0 aromatic carbocycles. The van der Waals surface area contributed by atoms with Gasteiger partial charge in [0.2, 0.25) is 0 Å². The quantitative estimate of drug-likeness (QED) is 0.125. The predicted octanol–water partition coefficient (Wildman–Crippen LogP) is -4.51. The number of rotatable bonds is 1. The van der Waals surface area contributed by atoms with Crippen LogP contribution >= 0.6 is 0 Å². The minimum absolute atomic E-state index is 0.119. The number of aromatic amines is 2. The Morgan fingerprint density at radius 1 is 0.818 bits per heavy atom. The summed E-state index contributed by atoms with van der Waals surface area (Å²) in [5.74, 6) is 12.1. The highest BCUT2D eigenvalue weighted by atomic mass is 16.9. The summed E-state index contributed by atoms with van der Waals surface area (Å²) in [6.07, 6.45) is 0. The number of aromatic nitrogens is 6. The summed E-state index contributed by atoms with van der Waals surface area (Å²) in [7, 11) is 0. The monoisotopic (exact) mass is 322 g/mol. The summed E-state index contributed by atoms with van der Waals surface area (Å²) in [5.41, 5.74) is 10.8. The fraction of sp³-hybridized carbons (Fsp3) is 0. The highest BCUT2D eigenvalue weighted by Crippen LogP contribution is 2.02. The van der Waals surface area contributed by atoms with Crippen LogP contribution in [0, 0.1) is 30.6 Å². The van der Waals surface area contributed by atoms with Gasteiger partial charge in [-0.1, -0.05) is 0 Å². The van der Waals surface area contributed by atoms with Crippen molar-refractivity contribution < 1.29 is 19.5 Å². The zero-order valence-corrected chi connectivity index (χ0v) is 10.4. The second-order valence-corrected chi connectivity index (χ2v) is 3.05. The Balaban J connectivity index is 0.000000464. The van der Waals surface area contributed by atoms with E-state index in [0.717, 1.165) is 9.35 Å². The van der Waals surface area contributed by atoms with Gasteiger partial charge in [-0.05, 0) is 0 Å². The highest BCUT2D eigenvalue weighted by Gasteiger charge is 2.25. The molecule has 2 aromatic heterocycles. The highest BCUT2D eigenvalue weighted by molar-refractivity contribution is 5.35. The molecule has 2 heterocycles. The van der Waals surface area contributed by atoms with Gasteiger partial charge < -0.3 is 42.1 Å². The molecule has 2 aromatic rings. The topological polar surface area (TPSA) is 302 Å². The van der Waals surface area contributed by atoms with Crippen LogP contribution in [0.4, 0.5) is 11.9 Å². The fourth-order valence-corrected chi connectivity index (χ4v) is 0.999. The van der Waals surface area contributed by atoms with Crippen LogP contribution in [0.15, 0.2) is 0 Å². The van der Waals surface area contributed by atoms with E-state index in [0.29, 0.717) is 11.6 Å². The molecule has 0 saturated heterocycles. The first kappa shape index (κ1) is 17.9. The minimum Gasteiger partial charge on any atom is -0.356 e. The van der Waals surface area contributed by atoms with Crippen molar-refractivity contribution in [3.63, 3.8) is 0 Å². The Labute approximate surface area is 118 Å². The maximum absolute atomic E-state index is 8.25. The molecule has 0 saturated carbocycles. The number of H-pyrrole nitrogens is 2. The average molecular weight is 322 g/mol. The maximum Gasteiger partial charge on any atom is 0.396 e. The van der Waals surface area contributed by atoms with Gasteiger partial charge in [-0.3, -0.25) is 11.7 Å². The molecular weight excluding hydrogens is 312 g/mol. The molecule has 18 heteroatoms. The van der Waals surface area contributed by atoms with E-state index in [-0.39, 0.29) is 11.9 Å². The molecule has 0 radical (unpaired) electrons. The van der Waals surface area contributed by atoms with Crippen molar-refractivity contribution in [2.75, 3.05) is 23.2 Å². The normalized spacial score (nSPS) is 8.91. The standard InChI is InChI=1S/C4H8N10.2NO3/c5-3-11-9-1(13(3)7)2-10-12-4(6)14(2)8;2*2-1(3)4/h7-8H2,(H4,5,6,9,10,11,12);;/q;2*-1/p+2. The first-order valence-electron chi connectivity index (χ1n) is 4.73. The second kappa shape index (κ2) is 7.46. The third-order valence-electron chi connectivity index (χ3n) is 1.75. The predicted molar refractivity (Wildman–Crippen MR) is 66.4 cm³/mol. The van der Waals surface area contributed by atoms with E-state index in [1.807, 2.05) is 0 Å². The Morgan fingerprint density at radius 3 is 1.18 bits per heavy atom. The molecule has 0 aliphatic carbocycles. The lowest BCUT2D eigenvalue weighted by molar-refractivity contribution is -0.643. The zero-order valence-electron chi connectivity index (χ0n) is 10.4. The average Bonchev–Trinajstić information content (AvgIpc) is 2.85. The lowest BCUT2D eigenvalue weighted by Crippen LogP contribution is -2.53. The second-order valence-electron chi connectivity index (χ2n) is 3.05. The van der Waals surface area contributed by atoms with Crippen molar-refractivity contribution in [2.24, 2.45) is 0 Å². The number of nitrogens with one attached hydrogen (secondary N) is 2. The molecule has 0 amide bonds. The van der Waals surface area contributed by atoms with E-state index in [9.17, 15) is 0 Å². The summed E-state index contributed by atoms with van der Waals surface area (Å²) in [5, 5.41) is 42.0. The van der Waals surface area contributed by atoms with Gasteiger partial charge in [0.15, 0.2) is 0 Å². The Hall–Kier alpha value is -4.12. The van der Waals surface area contributed by atoms with Crippen molar-refractivity contribution in [3.8, 4) is 11.6 Å². The van der Waals surface area contributed by atoms with Crippen LogP contribution in [0.1, 0.15) is 0 Å². The first-order valence-corrected chi connectivity index (χ1v) is 4.73. The summed E-state index contributed by atoms with van der Waals surface area (Å²) in [6, 6.07) is 0. The van der Waals surface area contributed by atoms with Gasteiger partial charge in [-0.25, -0.2) is 0 Å². The zero-order chi connectivity index (χ0) is 17.4. The lowest BCUT2D eigenvalue weighted by Gasteiger charge is -1.91. The van der Waals surface area contributed by atoms with Gasteiger partial charge >= 0.3 is 23.5 Å². The van der Waals surface area contributed by atoms with E-state index < -0.39 is 10.2 Å². The SMILES string of the molecule is Nc1n[nH]c(-c2[nH]nc(N)[n+]2N)[n+]1N.O=[N+]([O-])[O-].O=[N+]([O-])[O-]. The van der Waals surface area contributed by atoms with E-state index >= 15 is 0 Å². The van der Waals surface area contributed by atoms with Crippen molar-refractivity contribution in [1.29, 1.82) is 0 Å². The third kappa shape index (κ3) is 5.25. The van der Waals surface area contributed by atoms with Gasteiger partial charge in [0, 0.05) is 10.2 Å². The van der Waals surface area contributed by atoms with E-state index in [2.05, 4.69) is 20.4 Å². The molecule has 22 heavy (non-hydrogen) atoms. The maximum atomic E-state index is 8.25. The molecular formula is C4H10N12O6. The number of nitrogens with two attached hydrogens (primary N) is 4. The molecule has 10 N–H and O–H groups in total. The van der Waals surface area contributed by atoms with Crippen molar-refractivity contribution in [3.05, 3.63) is 30.6 Å². The molecule has 0 atom stereocenters. The van der Waals surface area contributed by atoms with Crippen LogP contribution in [-0.4, -0.2) is 30.6 Å². The Bertz CT molecular complexity index is 582. The summed E-state index contributed by atoms with van der Waals surface area (Å²) >= 11 is 0. The van der Waals surface area contributed by atoms with Crippen LogP contribution in [0.25, 0.3) is 11.6 Å². The molecule has 122 valence electrons. The van der Waals surface area contributed by atoms with Gasteiger partial charge in [-0.2, -0.15) is 0 Å². The lowest BCUT2D eigenvalue weighted by atomic mass is 10.6. The summed E-state index contributed by atoms with van der Waals surface area (Å²) < 4.78 is 2.24. The molecule has 0 bridgehead atoms. The molecule has 0 aliphatic heterocycles. The largest absolute Gasteiger partial charge is 0.396 e. The van der Waals surface area contributed by atoms with Gasteiger partial charge in [0.05, 0.1) is 10.2 Å². The van der Waals surface area contributed by atoms with E-state index in [1.165, 1.54) is 0 Å². The summed E-state index contributed by atoms with van der Waals surface area (Å²) in [4.78, 5) is 16.5. The first-order chi connectivity index (χ1) is 10.1. The molecule has 0 spiro atoms. The van der Waals surface area contributed by atoms with Crippen molar-refractivity contribution >= 4 is 11.9 Å². The van der Waals surface area contributed by atoms with Gasteiger partial charge in [0.25, 0.3) is 0 Å². The molecule has 0 fully saturated rings. The van der Waals surface area contributed by atoms with Crippen molar-refractivity contribution in [2.45, 2.75) is 0 Å². The fourth-order valence-electron chi connectivity index (χ4n) is 0.999. The van der Waals surface area contributed by atoms with Gasteiger partial charge in [-0.15, -0.1) is 19.5 Å². The summed E-state index contributed by atoms with van der Waals surface area (Å²) in [6.45, 7) is 0. The van der Waals surface area contributed by atoms with Crippen molar-refractivity contribution in [1.82, 2.24) is 20.4 Å². The number of hydrogen-bond acceptors (Lipinski definition) is 12. The number of nitrogens with zero attached hydrogens (tertiary/aromatic N) is 6. The van der Waals surface area contributed by atoms with Crippen LogP contribution < -0.4 is 32.5 Å². The minimum atomic E-state index is -1.75. The number of hydrogen-bond donors (Lipinski definition) is 6. The van der Waals surface area contributed by atoms with E-state index in [4.69, 9.17) is 53.8 Å². The van der Waals surface area contributed by atoms with E-state index in [1.54, 1.807) is 0 Å². The van der Waals surface area contributed by atoms with Gasteiger partial charge in [0.1, 0.15) is 0 Å². The third-order valence-corrected chi connectivity index (χ3v) is 1.75. The van der Waals surface area contributed by atoms with Crippen LogP contribution in [0.5, 0.6) is 0 Å². The Morgan fingerprint density at radius 2 is 1.05 bits per heavy atom. The van der Waals surface area contributed by atoms with Crippen LogP contribution in [0.2, 0.25) is 0 Å². The Kier molecular flexibility index (Phi) is 6.07. The molecule has 0 unspecified atom stereocenters. The van der Waals surface area contributed by atoms with Crippen LogP contribution in [0.3, 0.4) is 0 Å². The molecule has 18 nitrogen and oxygen atoms in total.